The maximum absolute atomic E-state index is 12.6. The number of carbonyl (C=O) groups is 3. The van der Waals surface area contributed by atoms with Crippen molar-refractivity contribution in [3.05, 3.63) is 54.1 Å². The third kappa shape index (κ3) is 6.45. The summed E-state index contributed by atoms with van der Waals surface area (Å²) in [5.74, 6) is 0.140. The molecule has 1 aliphatic rings. The van der Waals surface area contributed by atoms with Crippen LogP contribution in [0.2, 0.25) is 0 Å². The van der Waals surface area contributed by atoms with Crippen molar-refractivity contribution in [1.29, 1.82) is 0 Å². The molecule has 0 aliphatic carbocycles. The Morgan fingerprint density at radius 1 is 1.10 bits per heavy atom. The van der Waals surface area contributed by atoms with Crippen molar-refractivity contribution in [2.45, 2.75) is 12.5 Å². The van der Waals surface area contributed by atoms with Crippen LogP contribution in [0.1, 0.15) is 16.8 Å². The number of benzene rings is 2. The van der Waals surface area contributed by atoms with E-state index in [0.717, 1.165) is 0 Å². The number of amides is 3. The van der Waals surface area contributed by atoms with Gasteiger partial charge in [0.05, 0.1) is 13.2 Å². The fourth-order valence-corrected chi connectivity index (χ4v) is 3.17. The number of ether oxygens (including phenoxy) is 3. The molecule has 3 amide bonds. The standard InChI is InChI=1S/C22H25N3O6/c1-29-18-4-2-3-16(11-18)24-21(27)14-31-17-7-5-15(6-8-17)22(28)25-10-9-19(12-25)30-13-20(23)26/h2-8,11,19H,9-10,12-14H2,1H3,(H2,23,26)(H,24,27). The lowest BCUT2D eigenvalue weighted by molar-refractivity contribution is -0.124. The molecular weight excluding hydrogens is 402 g/mol. The maximum atomic E-state index is 12.6. The van der Waals surface area contributed by atoms with Gasteiger partial charge in [0.15, 0.2) is 6.61 Å². The van der Waals surface area contributed by atoms with Gasteiger partial charge in [0.2, 0.25) is 5.91 Å². The van der Waals surface area contributed by atoms with E-state index in [-0.39, 0.29) is 31.1 Å². The summed E-state index contributed by atoms with van der Waals surface area (Å²) in [4.78, 5) is 37.2. The number of primary amides is 1. The summed E-state index contributed by atoms with van der Waals surface area (Å²) in [6, 6.07) is 13.6. The van der Waals surface area contributed by atoms with E-state index in [1.165, 1.54) is 0 Å². The van der Waals surface area contributed by atoms with E-state index in [0.29, 0.717) is 42.3 Å². The highest BCUT2D eigenvalue weighted by atomic mass is 16.5. The van der Waals surface area contributed by atoms with Crippen molar-refractivity contribution in [2.75, 3.05) is 38.7 Å². The Morgan fingerprint density at radius 3 is 2.58 bits per heavy atom. The first-order chi connectivity index (χ1) is 14.9. The van der Waals surface area contributed by atoms with Crippen LogP contribution in [0.15, 0.2) is 48.5 Å². The second kappa shape index (κ2) is 10.4. The van der Waals surface area contributed by atoms with Crippen LogP contribution in [0, 0.1) is 0 Å². The summed E-state index contributed by atoms with van der Waals surface area (Å²) in [6.07, 6.45) is 0.463. The highest BCUT2D eigenvalue weighted by molar-refractivity contribution is 5.94. The monoisotopic (exact) mass is 427 g/mol. The Morgan fingerprint density at radius 2 is 1.87 bits per heavy atom. The predicted octanol–water partition coefficient (Wildman–Crippen LogP) is 1.43. The lowest BCUT2D eigenvalue weighted by Gasteiger charge is -2.17. The number of anilines is 1. The fraction of sp³-hybridized carbons (Fsp3) is 0.318. The fourth-order valence-electron chi connectivity index (χ4n) is 3.17. The molecule has 2 aromatic carbocycles. The van der Waals surface area contributed by atoms with E-state index in [9.17, 15) is 14.4 Å². The minimum absolute atomic E-state index is 0.132. The first-order valence-corrected chi connectivity index (χ1v) is 9.80. The molecule has 1 unspecified atom stereocenters. The molecule has 1 heterocycles. The summed E-state index contributed by atoms with van der Waals surface area (Å²) in [5.41, 5.74) is 6.19. The molecule has 1 atom stereocenters. The Kier molecular flexibility index (Phi) is 7.45. The number of rotatable bonds is 9. The number of likely N-dealkylation sites (tertiary alicyclic amines) is 1. The average molecular weight is 427 g/mol. The Bertz CT molecular complexity index is 931. The number of nitrogens with two attached hydrogens (primary N) is 1. The van der Waals surface area contributed by atoms with Gasteiger partial charge in [0, 0.05) is 30.4 Å². The van der Waals surface area contributed by atoms with Gasteiger partial charge in [0.25, 0.3) is 11.8 Å². The van der Waals surface area contributed by atoms with Crippen LogP contribution in [-0.2, 0) is 14.3 Å². The number of nitrogens with one attached hydrogen (secondary N) is 1. The molecule has 164 valence electrons. The number of nitrogens with zero attached hydrogens (tertiary/aromatic N) is 1. The Labute approximate surface area is 180 Å². The zero-order chi connectivity index (χ0) is 22.2. The van der Waals surface area contributed by atoms with Crippen LogP contribution in [-0.4, -0.2) is 62.1 Å². The Balaban J connectivity index is 1.47. The van der Waals surface area contributed by atoms with Gasteiger partial charge in [-0.2, -0.15) is 0 Å². The molecule has 0 spiro atoms. The van der Waals surface area contributed by atoms with E-state index < -0.39 is 5.91 Å². The van der Waals surface area contributed by atoms with Crippen LogP contribution in [0.4, 0.5) is 5.69 Å². The van der Waals surface area contributed by atoms with Gasteiger partial charge < -0.3 is 30.2 Å². The lowest BCUT2D eigenvalue weighted by atomic mass is 10.2. The summed E-state index contributed by atoms with van der Waals surface area (Å²) in [6.45, 7) is 0.638. The molecule has 9 heteroatoms. The van der Waals surface area contributed by atoms with Crippen LogP contribution in [0.5, 0.6) is 11.5 Å². The molecule has 0 bridgehead atoms. The van der Waals surface area contributed by atoms with Gasteiger partial charge in [-0.15, -0.1) is 0 Å². The third-order valence-corrected chi connectivity index (χ3v) is 4.72. The Hall–Kier alpha value is -3.59. The molecule has 0 radical (unpaired) electrons. The summed E-state index contributed by atoms with van der Waals surface area (Å²) in [5, 5.41) is 2.73. The second-order valence-corrected chi connectivity index (χ2v) is 7.03. The zero-order valence-electron chi connectivity index (χ0n) is 17.2. The molecule has 1 fully saturated rings. The smallest absolute Gasteiger partial charge is 0.262 e. The highest BCUT2D eigenvalue weighted by Gasteiger charge is 2.27. The van der Waals surface area contributed by atoms with Crippen molar-refractivity contribution >= 4 is 23.4 Å². The molecule has 0 saturated carbocycles. The van der Waals surface area contributed by atoms with Crippen molar-refractivity contribution < 1.29 is 28.6 Å². The van der Waals surface area contributed by atoms with Crippen molar-refractivity contribution in [3.8, 4) is 11.5 Å². The first kappa shape index (κ1) is 22.1. The molecule has 3 rings (SSSR count). The SMILES string of the molecule is COc1cccc(NC(=O)COc2ccc(C(=O)N3CCC(OCC(N)=O)C3)cc2)c1. The highest BCUT2D eigenvalue weighted by Crippen LogP contribution is 2.19. The summed E-state index contributed by atoms with van der Waals surface area (Å²) in [7, 11) is 1.55. The van der Waals surface area contributed by atoms with E-state index in [1.807, 2.05) is 0 Å². The molecule has 2 aromatic rings. The average Bonchev–Trinajstić information content (AvgIpc) is 3.25. The number of methoxy groups -OCH3 is 1. The quantitative estimate of drug-likeness (QED) is 0.625. The van der Waals surface area contributed by atoms with Crippen molar-refractivity contribution in [2.24, 2.45) is 5.73 Å². The topological polar surface area (TPSA) is 120 Å². The number of hydrogen-bond acceptors (Lipinski definition) is 6. The van der Waals surface area contributed by atoms with Gasteiger partial charge in [0.1, 0.15) is 18.1 Å². The van der Waals surface area contributed by atoms with Gasteiger partial charge >= 0.3 is 0 Å². The normalized spacial score (nSPS) is 15.4. The lowest BCUT2D eigenvalue weighted by Crippen LogP contribution is -2.31. The minimum atomic E-state index is -0.530. The number of carbonyl (C=O) groups excluding carboxylic acids is 3. The molecule has 0 aromatic heterocycles. The van der Waals surface area contributed by atoms with E-state index in [2.05, 4.69) is 5.32 Å². The van der Waals surface area contributed by atoms with E-state index in [4.69, 9.17) is 19.9 Å². The van der Waals surface area contributed by atoms with Crippen molar-refractivity contribution in [1.82, 2.24) is 4.90 Å². The van der Waals surface area contributed by atoms with Crippen LogP contribution in [0.3, 0.4) is 0 Å². The second-order valence-electron chi connectivity index (χ2n) is 7.03. The number of hydrogen-bond donors (Lipinski definition) is 2. The zero-order valence-corrected chi connectivity index (χ0v) is 17.2. The molecule has 3 N–H and O–H groups in total. The molecule has 31 heavy (non-hydrogen) atoms. The summed E-state index contributed by atoms with van der Waals surface area (Å²) >= 11 is 0. The van der Waals surface area contributed by atoms with E-state index in [1.54, 1.807) is 60.5 Å². The largest absolute Gasteiger partial charge is 0.497 e. The van der Waals surface area contributed by atoms with Crippen LogP contribution in [0.25, 0.3) is 0 Å². The van der Waals surface area contributed by atoms with Crippen LogP contribution >= 0.6 is 0 Å². The molecule has 1 aliphatic heterocycles. The van der Waals surface area contributed by atoms with Gasteiger partial charge in [-0.05, 0) is 42.8 Å². The first-order valence-electron chi connectivity index (χ1n) is 9.80. The van der Waals surface area contributed by atoms with Gasteiger partial charge in [-0.1, -0.05) is 6.07 Å². The third-order valence-electron chi connectivity index (χ3n) is 4.72. The van der Waals surface area contributed by atoms with E-state index >= 15 is 0 Å². The molecule has 9 nitrogen and oxygen atoms in total. The van der Waals surface area contributed by atoms with Crippen molar-refractivity contribution in [3.63, 3.8) is 0 Å². The van der Waals surface area contributed by atoms with Crippen LogP contribution < -0.4 is 20.5 Å². The maximum Gasteiger partial charge on any atom is 0.262 e. The summed E-state index contributed by atoms with van der Waals surface area (Å²) < 4.78 is 16.0. The van der Waals surface area contributed by atoms with Gasteiger partial charge in [-0.25, -0.2) is 0 Å². The minimum Gasteiger partial charge on any atom is -0.497 e. The molecule has 1 saturated heterocycles. The molecular formula is C22H25N3O6. The van der Waals surface area contributed by atoms with Gasteiger partial charge in [-0.3, -0.25) is 14.4 Å². The predicted molar refractivity (Wildman–Crippen MR) is 113 cm³/mol.